The average Bonchev–Trinajstić information content (AvgIpc) is 3.57. The Morgan fingerprint density at radius 2 is 1.81 bits per heavy atom. The maximum Gasteiger partial charge on any atom is 0.358 e. The van der Waals surface area contributed by atoms with Crippen molar-refractivity contribution in [1.82, 2.24) is 19.7 Å². The lowest BCUT2D eigenvalue weighted by Crippen LogP contribution is -2.42. The van der Waals surface area contributed by atoms with Crippen molar-refractivity contribution >= 4 is 44.4 Å². The van der Waals surface area contributed by atoms with E-state index in [4.69, 9.17) is 19.6 Å². The minimum Gasteiger partial charge on any atom is -0.455 e. The Bertz CT molecular complexity index is 2150. The number of fused-ring (bicyclic) bond motifs is 2. The van der Waals surface area contributed by atoms with Crippen LogP contribution in [0.1, 0.15) is 97.0 Å². The Labute approximate surface area is 308 Å². The van der Waals surface area contributed by atoms with Gasteiger partial charge >= 0.3 is 5.97 Å². The number of benzene rings is 2. The first-order valence-electron chi connectivity index (χ1n) is 18.3. The molecule has 1 amide bonds. The van der Waals surface area contributed by atoms with E-state index in [1.165, 1.54) is 37.0 Å². The second-order valence-corrected chi connectivity index (χ2v) is 16.9. The van der Waals surface area contributed by atoms with Gasteiger partial charge < -0.3 is 14.4 Å². The predicted molar refractivity (Wildman–Crippen MR) is 204 cm³/mol. The number of esters is 1. The van der Waals surface area contributed by atoms with Gasteiger partial charge in [0, 0.05) is 42.6 Å². The van der Waals surface area contributed by atoms with Crippen molar-refractivity contribution in [2.75, 3.05) is 23.9 Å². The van der Waals surface area contributed by atoms with Crippen molar-refractivity contribution in [2.45, 2.75) is 96.9 Å². The van der Waals surface area contributed by atoms with Gasteiger partial charge in [-0.3, -0.25) is 14.8 Å². The molecule has 4 heterocycles. The van der Waals surface area contributed by atoms with Gasteiger partial charge in [-0.15, -0.1) is 0 Å². The van der Waals surface area contributed by atoms with Crippen LogP contribution in [0.2, 0.25) is 0 Å². The number of carbonyl (C=O) groups is 2. The Kier molecular flexibility index (Phi) is 8.69. The Balaban J connectivity index is 1.08. The molecule has 0 bridgehead atoms. The third-order valence-electron chi connectivity index (χ3n) is 11.1. The van der Waals surface area contributed by atoms with E-state index in [0.717, 1.165) is 51.9 Å². The molecule has 1 unspecified atom stereocenters. The molecule has 8 rings (SSSR count). The van der Waals surface area contributed by atoms with E-state index in [1.807, 2.05) is 87.3 Å². The van der Waals surface area contributed by atoms with Crippen LogP contribution in [0.15, 0.2) is 60.8 Å². The number of carbonyl (C=O) groups excluding carboxylic acids is 2. The summed E-state index contributed by atoms with van der Waals surface area (Å²) >= 11 is 1.46. The fraction of sp³-hybridized carbons (Fsp3) is 0.439. The summed E-state index contributed by atoms with van der Waals surface area (Å²) < 4.78 is 15.2. The van der Waals surface area contributed by atoms with Crippen molar-refractivity contribution in [2.24, 2.45) is 5.41 Å². The summed E-state index contributed by atoms with van der Waals surface area (Å²) in [6, 6.07) is 17.6. The van der Waals surface area contributed by atoms with Crippen LogP contribution < -0.4 is 10.2 Å². The van der Waals surface area contributed by atoms with Crippen LogP contribution in [0.3, 0.4) is 0 Å². The zero-order valence-electron chi connectivity index (χ0n) is 30.6. The summed E-state index contributed by atoms with van der Waals surface area (Å²) in [6.07, 6.45) is 9.70. The quantitative estimate of drug-likeness (QED) is 0.159. The van der Waals surface area contributed by atoms with Gasteiger partial charge in [0.1, 0.15) is 11.4 Å². The van der Waals surface area contributed by atoms with Crippen LogP contribution in [-0.4, -0.2) is 56.5 Å². The van der Waals surface area contributed by atoms with Gasteiger partial charge in [-0.2, -0.15) is 5.10 Å². The number of para-hydroxylation sites is 1. The zero-order valence-corrected chi connectivity index (χ0v) is 31.4. The number of pyridine rings is 1. The van der Waals surface area contributed by atoms with Crippen molar-refractivity contribution in [1.29, 1.82) is 0 Å². The van der Waals surface area contributed by atoms with Crippen molar-refractivity contribution < 1.29 is 19.1 Å². The molecule has 2 saturated carbocycles. The number of amides is 1. The van der Waals surface area contributed by atoms with Gasteiger partial charge in [0.2, 0.25) is 0 Å². The third-order valence-corrected chi connectivity index (χ3v) is 12.0. The van der Waals surface area contributed by atoms with Gasteiger partial charge in [-0.1, -0.05) is 35.6 Å². The van der Waals surface area contributed by atoms with Crippen LogP contribution >= 0.6 is 11.3 Å². The number of aromatic nitrogens is 4. The molecule has 1 atom stereocenters. The van der Waals surface area contributed by atoms with Crippen LogP contribution in [0.4, 0.5) is 10.9 Å². The van der Waals surface area contributed by atoms with Crippen LogP contribution in [0.25, 0.3) is 21.3 Å². The molecule has 5 aromatic rings. The highest BCUT2D eigenvalue weighted by molar-refractivity contribution is 7.22. The molecule has 52 heavy (non-hydrogen) atoms. The summed E-state index contributed by atoms with van der Waals surface area (Å²) in [6.45, 7) is 9.47. The lowest BCUT2D eigenvalue weighted by molar-refractivity contribution is -0.0737. The number of nitrogens with one attached hydrogen (secondary N) is 1. The molecule has 1 aliphatic heterocycles. The normalized spacial score (nSPS) is 19.4. The smallest absolute Gasteiger partial charge is 0.358 e. The van der Waals surface area contributed by atoms with Crippen molar-refractivity contribution in [3.05, 3.63) is 88.9 Å². The Morgan fingerprint density at radius 3 is 2.58 bits per heavy atom. The fourth-order valence-electron chi connectivity index (χ4n) is 8.17. The molecule has 1 N–H and O–H groups in total. The van der Waals surface area contributed by atoms with Gasteiger partial charge in [0.25, 0.3) is 5.91 Å². The average molecular weight is 719 g/mol. The first kappa shape index (κ1) is 34.5. The molecule has 3 aliphatic rings. The highest BCUT2D eigenvalue weighted by atomic mass is 32.1. The lowest BCUT2D eigenvalue weighted by Gasteiger charge is -2.40. The van der Waals surface area contributed by atoms with E-state index in [-0.39, 0.29) is 17.2 Å². The van der Waals surface area contributed by atoms with Gasteiger partial charge in [0.05, 0.1) is 28.6 Å². The van der Waals surface area contributed by atoms with Crippen molar-refractivity contribution in [3.8, 4) is 11.1 Å². The monoisotopic (exact) mass is 718 g/mol. The summed E-state index contributed by atoms with van der Waals surface area (Å²) in [5.74, 6) is -0.0307. The summed E-state index contributed by atoms with van der Waals surface area (Å²) in [5.41, 5.74) is 5.77. The highest BCUT2D eigenvalue weighted by Crippen LogP contribution is 2.59. The first-order chi connectivity index (χ1) is 24.9. The van der Waals surface area contributed by atoms with E-state index < -0.39 is 11.6 Å². The molecular weight excluding hydrogens is 673 g/mol. The molecule has 270 valence electrons. The van der Waals surface area contributed by atoms with Crippen molar-refractivity contribution in [3.63, 3.8) is 0 Å². The molecule has 3 aromatic heterocycles. The molecule has 2 fully saturated rings. The third kappa shape index (κ3) is 6.72. The van der Waals surface area contributed by atoms with E-state index in [9.17, 15) is 9.59 Å². The second kappa shape index (κ2) is 13.1. The fourth-order valence-corrected chi connectivity index (χ4v) is 9.03. The van der Waals surface area contributed by atoms with Gasteiger partial charge in [0.15, 0.2) is 10.8 Å². The molecule has 11 heteroatoms. The number of ether oxygens (including phenoxy) is 2. The number of thiazole rings is 1. The van der Waals surface area contributed by atoms with E-state index in [0.29, 0.717) is 47.1 Å². The van der Waals surface area contributed by atoms with Crippen LogP contribution in [0.5, 0.6) is 0 Å². The number of hydrogen-bond donors (Lipinski definition) is 1. The maximum absolute atomic E-state index is 13.9. The van der Waals surface area contributed by atoms with Gasteiger partial charge in [-0.05, 0) is 120 Å². The summed E-state index contributed by atoms with van der Waals surface area (Å²) in [5, 5.41) is 8.43. The minimum atomic E-state index is -0.703. The number of rotatable bonds is 8. The second-order valence-electron chi connectivity index (χ2n) is 15.8. The molecule has 2 aromatic carbocycles. The maximum atomic E-state index is 13.9. The Morgan fingerprint density at radius 1 is 0.981 bits per heavy atom. The number of methoxy groups -OCH3 is 1. The molecule has 1 spiro atoms. The minimum absolute atomic E-state index is 0.196. The molecular formula is C41H46N6O4S. The molecule has 0 saturated heterocycles. The van der Waals surface area contributed by atoms with Crippen LogP contribution in [0, 0.1) is 12.3 Å². The van der Waals surface area contributed by atoms with E-state index in [2.05, 4.69) is 28.2 Å². The zero-order chi connectivity index (χ0) is 36.3. The lowest BCUT2D eigenvalue weighted by atomic mass is 9.75. The summed E-state index contributed by atoms with van der Waals surface area (Å²) in [4.78, 5) is 39.3. The SMILES string of the molecule is COC1(Cn2ncc(-c3ccc(N4CCc5cccc(C(=O)Nc6nc7ccccc7s6)c5C4)nc3C(=O)OC(C)(C)C)c2C)CCCC2(CC2)C1. The topological polar surface area (TPSA) is 111 Å². The molecule has 10 nitrogen and oxygen atoms in total. The number of anilines is 2. The summed E-state index contributed by atoms with van der Waals surface area (Å²) in [7, 11) is 1.83. The highest BCUT2D eigenvalue weighted by Gasteiger charge is 2.52. The molecule has 2 aliphatic carbocycles. The number of nitrogens with zero attached hydrogens (tertiary/aromatic N) is 5. The number of hydrogen-bond acceptors (Lipinski definition) is 9. The first-order valence-corrected chi connectivity index (χ1v) is 19.1. The predicted octanol–water partition coefficient (Wildman–Crippen LogP) is 8.37. The standard InChI is InChI=1S/C41H46N6O4S/c1-26-30(22-42-47(26)25-41(50-5)18-9-17-40(24-41)19-20-40)28-14-15-34(44-35(28)37(49)51-39(2,3)4)46-21-16-27-10-8-11-29(31(27)23-46)36(48)45-38-43-32-12-6-7-13-33(32)52-38/h6-8,10-15,22H,9,16-21,23-25H2,1-5H3,(H,43,45,48). The van der Waals surface area contributed by atoms with Gasteiger partial charge in [-0.25, -0.2) is 14.8 Å². The van der Waals surface area contributed by atoms with Crippen LogP contribution in [-0.2, 0) is 29.0 Å². The van der Waals surface area contributed by atoms with E-state index in [1.54, 1.807) is 0 Å². The molecule has 0 radical (unpaired) electrons. The Hall–Kier alpha value is -4.61. The largest absolute Gasteiger partial charge is 0.455 e. The van der Waals surface area contributed by atoms with E-state index >= 15 is 0 Å².